The molecule has 0 spiro atoms. The van der Waals surface area contributed by atoms with E-state index in [1.807, 2.05) is 17.8 Å². The van der Waals surface area contributed by atoms with Crippen molar-refractivity contribution in [2.24, 2.45) is 0 Å². The Morgan fingerprint density at radius 2 is 1.94 bits per heavy atom. The lowest BCUT2D eigenvalue weighted by Crippen LogP contribution is -2.36. The number of nitrogens with one attached hydrogen (secondary N) is 1. The van der Waals surface area contributed by atoms with Crippen LogP contribution in [0.5, 0.6) is 0 Å². The number of nitrogens with zero attached hydrogens (tertiary/aromatic N) is 2. The average Bonchev–Trinajstić information content (AvgIpc) is 2.84. The maximum absolute atomic E-state index is 7.93. The van der Waals surface area contributed by atoms with Gasteiger partial charge in [-0.2, -0.15) is 0 Å². The van der Waals surface area contributed by atoms with Gasteiger partial charge in [0.15, 0.2) is 0 Å². The zero-order valence-corrected chi connectivity index (χ0v) is 10.4. The maximum Gasteiger partial charge on any atom is 0.118 e. The van der Waals surface area contributed by atoms with Crippen LogP contribution < -0.4 is 4.90 Å². The molecule has 1 aromatic rings. The van der Waals surface area contributed by atoms with Gasteiger partial charge in [-0.05, 0) is 12.1 Å². The molecule has 0 aromatic heterocycles. The first-order valence-corrected chi connectivity index (χ1v) is 6.25. The number of benzene rings is 1. The molecule has 16 heavy (non-hydrogen) atoms. The summed E-state index contributed by atoms with van der Waals surface area (Å²) < 4.78 is 0. The molecule has 1 atom stereocenters. The van der Waals surface area contributed by atoms with E-state index in [-0.39, 0.29) is 12.4 Å². The first-order valence-electron chi connectivity index (χ1n) is 5.10. The third-order valence-corrected chi connectivity index (χ3v) is 3.97. The number of amidine groups is 1. The third kappa shape index (κ3) is 1.76. The van der Waals surface area contributed by atoms with Gasteiger partial charge in [0.05, 0.1) is 12.4 Å². The highest BCUT2D eigenvalue weighted by atomic mass is 35.5. The summed E-state index contributed by atoms with van der Waals surface area (Å²) >= 11 is 1.91. The van der Waals surface area contributed by atoms with Crippen molar-refractivity contribution in [2.45, 2.75) is 6.17 Å². The largest absolute Gasteiger partial charge is 0.343 e. The Morgan fingerprint density at radius 1 is 1.19 bits per heavy atom. The highest BCUT2D eigenvalue weighted by molar-refractivity contribution is 7.99. The smallest absolute Gasteiger partial charge is 0.118 e. The first-order chi connectivity index (χ1) is 7.36. The van der Waals surface area contributed by atoms with Crippen LogP contribution in [-0.2, 0) is 0 Å². The van der Waals surface area contributed by atoms with Crippen LogP contribution in [0, 0.1) is 5.41 Å². The lowest BCUT2D eigenvalue weighted by molar-refractivity contribution is 0.435. The van der Waals surface area contributed by atoms with Crippen molar-refractivity contribution in [2.75, 3.05) is 23.1 Å². The van der Waals surface area contributed by atoms with Gasteiger partial charge in [0.1, 0.15) is 12.0 Å². The number of rotatable bonds is 1. The fourth-order valence-electron chi connectivity index (χ4n) is 2.19. The highest BCUT2D eigenvalue weighted by Gasteiger charge is 2.38. The number of para-hydroxylation sites is 1. The van der Waals surface area contributed by atoms with E-state index in [0.717, 1.165) is 24.0 Å². The Labute approximate surface area is 106 Å². The fourth-order valence-corrected chi connectivity index (χ4v) is 3.39. The van der Waals surface area contributed by atoms with Crippen LogP contribution >= 0.6 is 24.2 Å². The summed E-state index contributed by atoms with van der Waals surface area (Å²) in [6.07, 6.45) is 0.407. The molecule has 0 bridgehead atoms. The van der Waals surface area contributed by atoms with Crippen molar-refractivity contribution >= 4 is 35.7 Å². The Balaban J connectivity index is 0.000000963. The second kappa shape index (κ2) is 4.55. The summed E-state index contributed by atoms with van der Waals surface area (Å²) in [7, 11) is 0. The van der Waals surface area contributed by atoms with Gasteiger partial charge in [0.2, 0.25) is 0 Å². The molecule has 1 N–H and O–H groups in total. The number of fused-ring (bicyclic) bond motifs is 1. The molecule has 0 radical (unpaired) electrons. The normalized spacial score (nSPS) is 23.2. The molecular weight excluding hydrogens is 242 g/mol. The number of halogens is 1. The topological polar surface area (TPSA) is 30.3 Å². The fraction of sp³-hybridized carbons (Fsp3) is 0.364. The van der Waals surface area contributed by atoms with Gasteiger partial charge in [0.25, 0.3) is 0 Å². The van der Waals surface area contributed by atoms with E-state index in [1.165, 1.54) is 5.69 Å². The van der Waals surface area contributed by atoms with Crippen LogP contribution in [0.15, 0.2) is 30.3 Å². The first kappa shape index (κ1) is 11.6. The highest BCUT2D eigenvalue weighted by Crippen LogP contribution is 2.32. The quantitative estimate of drug-likeness (QED) is 0.835. The average molecular weight is 256 g/mol. The predicted molar refractivity (Wildman–Crippen MR) is 71.7 cm³/mol. The van der Waals surface area contributed by atoms with E-state index < -0.39 is 0 Å². The van der Waals surface area contributed by atoms with Crippen molar-refractivity contribution in [1.29, 1.82) is 5.41 Å². The van der Waals surface area contributed by atoms with Gasteiger partial charge in [-0.1, -0.05) is 18.2 Å². The van der Waals surface area contributed by atoms with Gasteiger partial charge in [0, 0.05) is 11.4 Å². The van der Waals surface area contributed by atoms with Gasteiger partial charge in [-0.3, -0.25) is 5.41 Å². The van der Waals surface area contributed by atoms with E-state index in [2.05, 4.69) is 34.1 Å². The van der Waals surface area contributed by atoms with Crippen LogP contribution in [0.1, 0.15) is 0 Å². The van der Waals surface area contributed by atoms with E-state index in [9.17, 15) is 0 Å². The van der Waals surface area contributed by atoms with Crippen LogP contribution in [-0.4, -0.2) is 35.1 Å². The summed E-state index contributed by atoms with van der Waals surface area (Å²) in [5.74, 6) is 2.85. The molecule has 2 aliphatic rings. The zero-order chi connectivity index (χ0) is 10.3. The van der Waals surface area contributed by atoms with Crippen molar-refractivity contribution in [3.05, 3.63) is 30.3 Å². The number of anilines is 1. The molecule has 0 saturated carbocycles. The summed E-state index contributed by atoms with van der Waals surface area (Å²) in [4.78, 5) is 4.51. The molecule has 2 heterocycles. The zero-order valence-electron chi connectivity index (χ0n) is 8.80. The number of hydrogen-bond donors (Lipinski definition) is 1. The molecule has 86 valence electrons. The monoisotopic (exact) mass is 255 g/mol. The Morgan fingerprint density at radius 3 is 2.69 bits per heavy atom. The van der Waals surface area contributed by atoms with E-state index in [4.69, 9.17) is 5.41 Å². The van der Waals surface area contributed by atoms with Crippen LogP contribution in [0.2, 0.25) is 0 Å². The summed E-state index contributed by atoms with van der Waals surface area (Å²) in [6, 6.07) is 10.4. The molecular formula is C11H14ClN3S. The predicted octanol–water partition coefficient (Wildman–Crippen LogP) is 2.24. The minimum atomic E-state index is 0. The van der Waals surface area contributed by atoms with Crippen molar-refractivity contribution in [3.63, 3.8) is 0 Å². The molecule has 5 heteroatoms. The number of hydrogen-bond acceptors (Lipinski definition) is 3. The van der Waals surface area contributed by atoms with Crippen molar-refractivity contribution in [3.8, 4) is 0 Å². The molecule has 1 aromatic carbocycles. The maximum atomic E-state index is 7.93. The second-order valence-electron chi connectivity index (χ2n) is 3.86. The SMILES string of the molecule is Cl.N=C1CN(c2ccccc2)C2CSCN12. The molecule has 2 saturated heterocycles. The molecule has 2 fully saturated rings. The summed E-state index contributed by atoms with van der Waals surface area (Å²) in [6.45, 7) is 0.759. The van der Waals surface area contributed by atoms with Crippen LogP contribution in [0.25, 0.3) is 0 Å². The number of thioether (sulfide) groups is 1. The van der Waals surface area contributed by atoms with Gasteiger partial charge >= 0.3 is 0 Å². The van der Waals surface area contributed by atoms with Crippen molar-refractivity contribution in [1.82, 2.24) is 4.90 Å². The van der Waals surface area contributed by atoms with Gasteiger partial charge in [-0.15, -0.1) is 24.2 Å². The molecule has 3 rings (SSSR count). The molecule has 1 unspecified atom stereocenters. The molecule has 2 aliphatic heterocycles. The van der Waals surface area contributed by atoms with Crippen LogP contribution in [0.3, 0.4) is 0 Å². The minimum Gasteiger partial charge on any atom is -0.343 e. The van der Waals surface area contributed by atoms with Gasteiger partial charge in [-0.25, -0.2) is 0 Å². The van der Waals surface area contributed by atoms with Crippen LogP contribution in [0.4, 0.5) is 5.69 Å². The Kier molecular flexibility index (Phi) is 3.30. The standard InChI is InChI=1S/C11H13N3S.ClH/c12-10-6-13(9-4-2-1-3-5-9)11-7-15-8-14(10)11;/h1-5,11-12H,6-8H2;1H. The molecule has 0 amide bonds. The second-order valence-corrected chi connectivity index (χ2v) is 4.86. The molecule has 0 aliphatic carbocycles. The summed E-state index contributed by atoms with van der Waals surface area (Å²) in [5.41, 5.74) is 1.23. The van der Waals surface area contributed by atoms with E-state index >= 15 is 0 Å². The lowest BCUT2D eigenvalue weighted by atomic mass is 10.3. The molecule has 3 nitrogen and oxygen atoms in total. The van der Waals surface area contributed by atoms with Crippen molar-refractivity contribution < 1.29 is 0 Å². The minimum absolute atomic E-state index is 0. The lowest BCUT2D eigenvalue weighted by Gasteiger charge is -2.25. The van der Waals surface area contributed by atoms with Gasteiger partial charge < -0.3 is 9.80 Å². The Hall–Kier alpha value is -0.870. The summed E-state index contributed by atoms with van der Waals surface area (Å²) in [5, 5.41) is 7.93. The van der Waals surface area contributed by atoms with E-state index in [0.29, 0.717) is 6.17 Å². The van der Waals surface area contributed by atoms with E-state index in [1.54, 1.807) is 0 Å². The third-order valence-electron chi connectivity index (χ3n) is 2.97. The Bertz CT molecular complexity index is 384.